The fourth-order valence-corrected chi connectivity index (χ4v) is 1.36. The van der Waals surface area contributed by atoms with Crippen molar-refractivity contribution in [1.29, 1.82) is 0 Å². The fourth-order valence-electron chi connectivity index (χ4n) is 1.36. The molecular weight excluding hydrogens is 195 g/mol. The van der Waals surface area contributed by atoms with Crippen molar-refractivity contribution in [1.82, 2.24) is 0 Å². The van der Waals surface area contributed by atoms with Crippen molar-refractivity contribution < 1.29 is 17.9 Å². The van der Waals surface area contributed by atoms with Crippen LogP contribution in [-0.4, -0.2) is 18.8 Å². The predicted octanol–water partition coefficient (Wildman–Crippen LogP) is 2.35. The summed E-state index contributed by atoms with van der Waals surface area (Å²) in [5.41, 5.74) is 6.40. The third-order valence-electron chi connectivity index (χ3n) is 2.18. The highest BCUT2D eigenvalue weighted by atomic mass is 19.4. The summed E-state index contributed by atoms with van der Waals surface area (Å²) < 4.78 is 40.6. The minimum absolute atomic E-state index is 0.0569. The van der Waals surface area contributed by atoms with Crippen molar-refractivity contribution in [2.24, 2.45) is 5.73 Å². The molecule has 0 amide bonds. The van der Waals surface area contributed by atoms with Gasteiger partial charge in [-0.2, -0.15) is 13.2 Å². The minimum atomic E-state index is -4.12. The smallest absolute Gasteiger partial charge is 0.389 e. The standard InChI is InChI=1S/C9H14F3NO/c10-9(11,12)4-3-8(13)7-2-1-5-14-6-7/h6,8H,1-5,13H2. The van der Waals surface area contributed by atoms with Gasteiger partial charge in [0.25, 0.3) is 0 Å². The van der Waals surface area contributed by atoms with Crippen LogP contribution < -0.4 is 5.73 Å². The van der Waals surface area contributed by atoms with E-state index < -0.39 is 18.6 Å². The summed E-state index contributed by atoms with van der Waals surface area (Å²) in [6.07, 6.45) is -1.91. The topological polar surface area (TPSA) is 35.2 Å². The maximum absolute atomic E-state index is 11.9. The van der Waals surface area contributed by atoms with Crippen LogP contribution in [0.5, 0.6) is 0 Å². The maximum Gasteiger partial charge on any atom is 0.389 e. The van der Waals surface area contributed by atoms with Gasteiger partial charge in [0, 0.05) is 12.5 Å². The first-order valence-corrected chi connectivity index (χ1v) is 4.62. The molecule has 1 heterocycles. The summed E-state index contributed by atoms with van der Waals surface area (Å²) in [6.45, 7) is 0.634. The molecule has 1 atom stereocenters. The highest BCUT2D eigenvalue weighted by Crippen LogP contribution is 2.25. The Hall–Kier alpha value is -0.710. The minimum Gasteiger partial charge on any atom is -0.501 e. The van der Waals surface area contributed by atoms with E-state index in [1.807, 2.05) is 0 Å². The lowest BCUT2D eigenvalue weighted by Gasteiger charge is -2.20. The van der Waals surface area contributed by atoms with Crippen molar-refractivity contribution in [3.8, 4) is 0 Å². The van der Waals surface area contributed by atoms with Crippen LogP contribution >= 0.6 is 0 Å². The van der Waals surface area contributed by atoms with E-state index >= 15 is 0 Å². The Kier molecular flexibility index (Phi) is 3.80. The monoisotopic (exact) mass is 209 g/mol. The van der Waals surface area contributed by atoms with Crippen LogP contribution in [0.1, 0.15) is 25.7 Å². The van der Waals surface area contributed by atoms with Gasteiger partial charge >= 0.3 is 6.18 Å². The first kappa shape index (κ1) is 11.4. The number of ether oxygens (including phenoxy) is 1. The number of hydrogen-bond donors (Lipinski definition) is 1. The molecule has 0 aromatic rings. The molecule has 1 unspecified atom stereocenters. The maximum atomic E-state index is 11.9. The zero-order valence-corrected chi connectivity index (χ0v) is 7.81. The molecule has 0 fully saturated rings. The highest BCUT2D eigenvalue weighted by molar-refractivity contribution is 5.08. The summed E-state index contributed by atoms with van der Waals surface area (Å²) in [4.78, 5) is 0. The van der Waals surface area contributed by atoms with Gasteiger partial charge in [-0.05, 0) is 24.8 Å². The molecule has 1 rings (SSSR count). The number of nitrogens with two attached hydrogens (primary N) is 1. The van der Waals surface area contributed by atoms with Gasteiger partial charge in [0.15, 0.2) is 0 Å². The van der Waals surface area contributed by atoms with Crippen molar-refractivity contribution in [2.45, 2.75) is 37.9 Å². The van der Waals surface area contributed by atoms with Crippen LogP contribution in [0.15, 0.2) is 11.8 Å². The Morgan fingerprint density at radius 3 is 2.71 bits per heavy atom. The molecule has 0 saturated heterocycles. The molecule has 0 aromatic carbocycles. The van der Waals surface area contributed by atoms with E-state index in [2.05, 4.69) is 0 Å². The Balaban J connectivity index is 2.34. The first-order chi connectivity index (χ1) is 6.49. The molecule has 2 nitrogen and oxygen atoms in total. The van der Waals surface area contributed by atoms with Crippen molar-refractivity contribution in [3.05, 3.63) is 11.8 Å². The number of rotatable bonds is 3. The second kappa shape index (κ2) is 4.68. The summed E-state index contributed by atoms with van der Waals surface area (Å²) in [6, 6.07) is -0.517. The van der Waals surface area contributed by atoms with E-state index in [4.69, 9.17) is 10.5 Å². The molecule has 2 N–H and O–H groups in total. The predicted molar refractivity (Wildman–Crippen MR) is 46.5 cm³/mol. The zero-order chi connectivity index (χ0) is 10.6. The molecule has 0 spiro atoms. The first-order valence-electron chi connectivity index (χ1n) is 4.62. The molecule has 82 valence electrons. The fraction of sp³-hybridized carbons (Fsp3) is 0.778. The van der Waals surface area contributed by atoms with Crippen LogP contribution in [0, 0.1) is 0 Å². The Labute approximate surface area is 80.9 Å². The summed E-state index contributed by atoms with van der Waals surface area (Å²) in [5.74, 6) is 0. The van der Waals surface area contributed by atoms with Gasteiger partial charge in [-0.3, -0.25) is 0 Å². The van der Waals surface area contributed by atoms with Gasteiger partial charge in [0.1, 0.15) is 0 Å². The van der Waals surface area contributed by atoms with Gasteiger partial charge in [0.2, 0.25) is 0 Å². The van der Waals surface area contributed by atoms with Crippen LogP contribution in [0.25, 0.3) is 0 Å². The lowest BCUT2D eigenvalue weighted by molar-refractivity contribution is -0.135. The van der Waals surface area contributed by atoms with Crippen molar-refractivity contribution in [2.75, 3.05) is 6.61 Å². The molecule has 5 heteroatoms. The highest BCUT2D eigenvalue weighted by Gasteiger charge is 2.28. The zero-order valence-electron chi connectivity index (χ0n) is 7.81. The van der Waals surface area contributed by atoms with Gasteiger partial charge in [-0.1, -0.05) is 0 Å². The molecule has 0 aliphatic carbocycles. The van der Waals surface area contributed by atoms with Gasteiger partial charge in [0.05, 0.1) is 12.9 Å². The van der Waals surface area contributed by atoms with E-state index in [9.17, 15) is 13.2 Å². The van der Waals surface area contributed by atoms with Gasteiger partial charge in [-0.25, -0.2) is 0 Å². The Morgan fingerprint density at radius 2 is 2.21 bits per heavy atom. The summed E-state index contributed by atoms with van der Waals surface area (Å²) in [5, 5.41) is 0. The molecule has 0 bridgehead atoms. The number of halogens is 3. The van der Waals surface area contributed by atoms with Crippen LogP contribution in [0.4, 0.5) is 13.2 Å². The van der Waals surface area contributed by atoms with E-state index in [0.29, 0.717) is 6.61 Å². The third-order valence-corrected chi connectivity index (χ3v) is 2.18. The average molecular weight is 209 g/mol. The largest absolute Gasteiger partial charge is 0.501 e. The normalized spacial score (nSPS) is 19.9. The number of hydrogen-bond acceptors (Lipinski definition) is 2. The van der Waals surface area contributed by atoms with Gasteiger partial charge in [-0.15, -0.1) is 0 Å². The van der Waals surface area contributed by atoms with E-state index in [1.54, 1.807) is 0 Å². The Bertz CT molecular complexity index is 213. The number of alkyl halides is 3. The molecule has 0 radical (unpaired) electrons. The quantitative estimate of drug-likeness (QED) is 0.774. The summed E-state index contributed by atoms with van der Waals surface area (Å²) >= 11 is 0. The van der Waals surface area contributed by atoms with Crippen molar-refractivity contribution >= 4 is 0 Å². The van der Waals surface area contributed by atoms with E-state index in [-0.39, 0.29) is 6.42 Å². The van der Waals surface area contributed by atoms with Crippen molar-refractivity contribution in [3.63, 3.8) is 0 Å². The van der Waals surface area contributed by atoms with Crippen LogP contribution in [0.2, 0.25) is 0 Å². The van der Waals surface area contributed by atoms with Crippen LogP contribution in [0.3, 0.4) is 0 Å². The van der Waals surface area contributed by atoms with Crippen LogP contribution in [-0.2, 0) is 4.74 Å². The van der Waals surface area contributed by atoms with Gasteiger partial charge < -0.3 is 10.5 Å². The lowest BCUT2D eigenvalue weighted by Crippen LogP contribution is -2.26. The third kappa shape index (κ3) is 4.00. The SMILES string of the molecule is NC(CCC(F)(F)F)C1=COCCC1. The lowest BCUT2D eigenvalue weighted by atomic mass is 9.99. The molecule has 1 aliphatic heterocycles. The molecule has 14 heavy (non-hydrogen) atoms. The second-order valence-electron chi connectivity index (χ2n) is 3.43. The molecule has 0 aromatic heterocycles. The summed E-state index contributed by atoms with van der Waals surface area (Å²) in [7, 11) is 0. The molecule has 0 saturated carbocycles. The molecule has 1 aliphatic rings. The van der Waals surface area contributed by atoms with E-state index in [1.165, 1.54) is 6.26 Å². The average Bonchev–Trinajstić information content (AvgIpc) is 2.14. The van der Waals surface area contributed by atoms with E-state index in [0.717, 1.165) is 18.4 Å². The molecular formula is C9H14F3NO. The Morgan fingerprint density at radius 1 is 1.50 bits per heavy atom. The second-order valence-corrected chi connectivity index (χ2v) is 3.43.